The molecule has 1 heterocycles. The number of ether oxygens (including phenoxy) is 1. The lowest BCUT2D eigenvalue weighted by Gasteiger charge is -2.33. The average Bonchev–Trinajstić information content (AvgIpc) is 2.76. The summed E-state index contributed by atoms with van der Waals surface area (Å²) in [6, 6.07) is 0. The molecule has 0 aromatic rings. The van der Waals surface area contributed by atoms with Crippen molar-refractivity contribution >= 4 is 10.1 Å². The normalized spacial score (nSPS) is 34.3. The van der Waals surface area contributed by atoms with Crippen LogP contribution in [0.5, 0.6) is 0 Å². The first-order chi connectivity index (χ1) is 7.57. The van der Waals surface area contributed by atoms with E-state index in [1.54, 1.807) is 0 Å². The Morgan fingerprint density at radius 1 is 1.18 bits per heavy atom. The molecule has 3 atom stereocenters. The third-order valence-electron chi connectivity index (χ3n) is 3.38. The van der Waals surface area contributed by atoms with Crippen LogP contribution >= 0.6 is 0 Å². The third-order valence-corrected chi connectivity index (χ3v) is 4.30. The topological polar surface area (TPSA) is 63.6 Å². The summed E-state index contributed by atoms with van der Waals surface area (Å²) in [4.78, 5) is 0. The van der Waals surface area contributed by atoms with Gasteiger partial charge in [0.25, 0.3) is 0 Å². The standard InChI is InChI=1S/C8H10F4O4S/c9-7(10,8(11,12)17(13,14)15)6-2-5-1-4(6)3-16-5/h4-6H,1-3H2,(H,13,14,15). The van der Waals surface area contributed by atoms with E-state index in [2.05, 4.69) is 0 Å². The van der Waals surface area contributed by atoms with Gasteiger partial charge in [-0.15, -0.1) is 0 Å². The molecule has 17 heavy (non-hydrogen) atoms. The van der Waals surface area contributed by atoms with Gasteiger partial charge >= 0.3 is 21.3 Å². The van der Waals surface area contributed by atoms with Crippen molar-refractivity contribution in [3.8, 4) is 0 Å². The minimum atomic E-state index is -6.14. The molecule has 2 rings (SSSR count). The molecule has 2 bridgehead atoms. The Bertz CT molecular complexity index is 421. The first kappa shape index (κ1) is 13.0. The molecule has 0 aromatic carbocycles. The van der Waals surface area contributed by atoms with Gasteiger partial charge in [-0.3, -0.25) is 4.55 Å². The van der Waals surface area contributed by atoms with E-state index in [0.29, 0.717) is 0 Å². The van der Waals surface area contributed by atoms with Crippen LogP contribution in [0.2, 0.25) is 0 Å². The molecule has 2 aliphatic rings. The molecule has 100 valence electrons. The SMILES string of the molecule is O=S(=O)(O)C(F)(F)C(F)(F)C1CC2CC1CO2. The van der Waals surface area contributed by atoms with Crippen LogP contribution in [0, 0.1) is 11.8 Å². The maximum absolute atomic E-state index is 13.5. The van der Waals surface area contributed by atoms with Gasteiger partial charge in [-0.1, -0.05) is 0 Å². The smallest absolute Gasteiger partial charge is 0.378 e. The molecule has 9 heteroatoms. The molecule has 0 radical (unpaired) electrons. The molecule has 1 aliphatic heterocycles. The van der Waals surface area contributed by atoms with Crippen LogP contribution in [0.1, 0.15) is 12.8 Å². The summed E-state index contributed by atoms with van der Waals surface area (Å²) in [7, 11) is -6.14. The highest BCUT2D eigenvalue weighted by Gasteiger charge is 2.71. The maximum Gasteiger partial charge on any atom is 0.431 e. The first-order valence-electron chi connectivity index (χ1n) is 4.91. The second-order valence-electron chi connectivity index (χ2n) is 4.41. The van der Waals surface area contributed by atoms with Gasteiger partial charge < -0.3 is 4.74 Å². The van der Waals surface area contributed by atoms with Crippen LogP contribution in [-0.2, 0) is 14.9 Å². The van der Waals surface area contributed by atoms with Crippen LogP contribution < -0.4 is 0 Å². The van der Waals surface area contributed by atoms with Crippen LogP contribution in [0.15, 0.2) is 0 Å². The van der Waals surface area contributed by atoms with E-state index in [1.807, 2.05) is 0 Å². The predicted octanol–water partition coefficient (Wildman–Crippen LogP) is 1.53. The van der Waals surface area contributed by atoms with Crippen LogP contribution in [0.3, 0.4) is 0 Å². The molecule has 1 saturated heterocycles. The van der Waals surface area contributed by atoms with Crippen molar-refractivity contribution in [2.75, 3.05) is 6.61 Å². The van der Waals surface area contributed by atoms with Gasteiger partial charge in [0.1, 0.15) is 0 Å². The highest BCUT2D eigenvalue weighted by Crippen LogP contribution is 2.54. The fourth-order valence-electron chi connectivity index (χ4n) is 2.49. The number of halogens is 4. The molecule has 1 N–H and O–H groups in total. The highest BCUT2D eigenvalue weighted by molar-refractivity contribution is 7.87. The largest absolute Gasteiger partial charge is 0.431 e. The van der Waals surface area contributed by atoms with Crippen molar-refractivity contribution in [3.05, 3.63) is 0 Å². The van der Waals surface area contributed by atoms with Crippen LogP contribution in [0.4, 0.5) is 17.6 Å². The summed E-state index contributed by atoms with van der Waals surface area (Å²) < 4.78 is 87.1. The lowest BCUT2D eigenvalue weighted by atomic mass is 9.90. The average molecular weight is 278 g/mol. The number of alkyl halides is 4. The number of fused-ring (bicyclic) bond motifs is 2. The summed E-state index contributed by atoms with van der Waals surface area (Å²) in [6.07, 6.45) is -0.613. The zero-order valence-electron chi connectivity index (χ0n) is 8.45. The van der Waals surface area contributed by atoms with Crippen LogP contribution in [-0.4, -0.2) is 36.9 Å². The molecule has 4 nitrogen and oxygen atoms in total. The Hall–Kier alpha value is -0.410. The molecule has 0 spiro atoms. The van der Waals surface area contributed by atoms with Gasteiger partial charge in [0.15, 0.2) is 0 Å². The van der Waals surface area contributed by atoms with E-state index in [1.165, 1.54) is 0 Å². The quantitative estimate of drug-likeness (QED) is 0.628. The Kier molecular flexibility index (Phi) is 2.72. The van der Waals surface area contributed by atoms with Gasteiger partial charge in [-0.05, 0) is 18.8 Å². The lowest BCUT2D eigenvalue weighted by Crippen LogP contribution is -2.53. The van der Waals surface area contributed by atoms with E-state index in [4.69, 9.17) is 9.29 Å². The van der Waals surface area contributed by atoms with E-state index >= 15 is 0 Å². The van der Waals surface area contributed by atoms with Crippen molar-refractivity contribution in [1.82, 2.24) is 0 Å². The van der Waals surface area contributed by atoms with Crippen molar-refractivity contribution < 1.29 is 35.3 Å². The van der Waals surface area contributed by atoms with Gasteiger partial charge in [0.05, 0.1) is 12.7 Å². The summed E-state index contributed by atoms with van der Waals surface area (Å²) in [5.41, 5.74) is 0. The van der Waals surface area contributed by atoms with Crippen LogP contribution in [0.25, 0.3) is 0 Å². The lowest BCUT2D eigenvalue weighted by molar-refractivity contribution is -0.209. The number of rotatable bonds is 3. The van der Waals surface area contributed by atoms with Gasteiger partial charge in [-0.2, -0.15) is 26.0 Å². The molecule has 2 fully saturated rings. The van der Waals surface area contributed by atoms with E-state index in [0.717, 1.165) is 0 Å². The molecule has 0 amide bonds. The minimum Gasteiger partial charge on any atom is -0.378 e. The molecule has 1 saturated carbocycles. The summed E-state index contributed by atoms with van der Waals surface area (Å²) >= 11 is 0. The third kappa shape index (κ3) is 1.75. The van der Waals surface area contributed by atoms with E-state index in [-0.39, 0.29) is 19.4 Å². The Morgan fingerprint density at radius 2 is 1.76 bits per heavy atom. The second-order valence-corrected chi connectivity index (χ2v) is 5.87. The Balaban J connectivity index is 2.31. The van der Waals surface area contributed by atoms with Crippen molar-refractivity contribution in [3.63, 3.8) is 0 Å². The predicted molar refractivity (Wildman–Crippen MR) is 47.4 cm³/mol. The maximum atomic E-state index is 13.5. The molecule has 3 unspecified atom stereocenters. The number of hydrogen-bond acceptors (Lipinski definition) is 3. The second kappa shape index (κ2) is 3.55. The molecular weight excluding hydrogens is 268 g/mol. The summed E-state index contributed by atoms with van der Waals surface area (Å²) in [5, 5.41) is -5.46. The number of hydrogen-bond donors (Lipinski definition) is 1. The molecule has 1 aliphatic carbocycles. The summed E-state index contributed by atoms with van der Waals surface area (Å²) in [5.74, 6) is -7.36. The van der Waals surface area contributed by atoms with Crippen molar-refractivity contribution in [1.29, 1.82) is 0 Å². The Morgan fingerprint density at radius 3 is 2.12 bits per heavy atom. The summed E-state index contributed by atoms with van der Waals surface area (Å²) in [6.45, 7) is -0.0769. The fourth-order valence-corrected chi connectivity index (χ4v) is 2.98. The van der Waals surface area contributed by atoms with Gasteiger partial charge in [0.2, 0.25) is 0 Å². The van der Waals surface area contributed by atoms with Crippen molar-refractivity contribution in [2.45, 2.75) is 30.1 Å². The molecule has 0 aromatic heterocycles. The Labute approximate surface area is 94.7 Å². The fraction of sp³-hybridized carbons (Fsp3) is 1.00. The molecular formula is C8H10F4O4S. The minimum absolute atomic E-state index is 0.0769. The first-order valence-corrected chi connectivity index (χ1v) is 6.35. The van der Waals surface area contributed by atoms with E-state index in [9.17, 15) is 26.0 Å². The zero-order valence-corrected chi connectivity index (χ0v) is 9.26. The van der Waals surface area contributed by atoms with Gasteiger partial charge in [0, 0.05) is 5.92 Å². The van der Waals surface area contributed by atoms with Gasteiger partial charge in [-0.25, -0.2) is 0 Å². The highest BCUT2D eigenvalue weighted by atomic mass is 32.2. The van der Waals surface area contributed by atoms with E-state index < -0.39 is 39.2 Å². The monoisotopic (exact) mass is 278 g/mol. The van der Waals surface area contributed by atoms with Crippen molar-refractivity contribution in [2.24, 2.45) is 11.8 Å². The zero-order chi connectivity index (χ0) is 13.1.